The molecule has 7 heteroatoms. The van der Waals surface area contributed by atoms with Gasteiger partial charge in [0.15, 0.2) is 11.5 Å². The van der Waals surface area contributed by atoms with E-state index in [2.05, 4.69) is 29.8 Å². The van der Waals surface area contributed by atoms with Gasteiger partial charge >= 0.3 is 0 Å². The summed E-state index contributed by atoms with van der Waals surface area (Å²) in [5.74, 6) is 1.61. The maximum Gasteiger partial charge on any atom is 0.266 e. The first-order valence-electron chi connectivity index (χ1n) is 7.63. The van der Waals surface area contributed by atoms with Crippen LogP contribution in [0.25, 0.3) is 6.08 Å². The normalized spacial score (nSPS) is 16.4. The van der Waals surface area contributed by atoms with Crippen LogP contribution in [0.15, 0.2) is 21.5 Å². The molecule has 24 heavy (non-hydrogen) atoms. The molecule has 1 aliphatic rings. The van der Waals surface area contributed by atoms with Crippen molar-refractivity contribution in [3.63, 3.8) is 0 Å². The quantitative estimate of drug-likeness (QED) is 0.483. The molecule has 1 amide bonds. The number of halogens is 1. The molecule has 1 heterocycles. The lowest BCUT2D eigenvalue weighted by Gasteiger charge is -2.16. The lowest BCUT2D eigenvalue weighted by Crippen LogP contribution is -2.31. The summed E-state index contributed by atoms with van der Waals surface area (Å²) in [4.78, 5) is 14.8. The minimum atomic E-state index is -0.0383. The van der Waals surface area contributed by atoms with Crippen LogP contribution in [0.1, 0.15) is 26.3 Å². The summed E-state index contributed by atoms with van der Waals surface area (Å²) in [5, 5.41) is 0. The van der Waals surface area contributed by atoms with E-state index in [0.29, 0.717) is 39.8 Å². The third kappa shape index (κ3) is 4.32. The van der Waals surface area contributed by atoms with Gasteiger partial charge in [-0.05, 0) is 52.5 Å². The monoisotopic (exact) mass is 429 g/mol. The van der Waals surface area contributed by atoms with Gasteiger partial charge in [0.1, 0.15) is 4.32 Å². The first-order chi connectivity index (χ1) is 11.4. The van der Waals surface area contributed by atoms with Crippen molar-refractivity contribution in [3.8, 4) is 11.5 Å². The molecule has 0 N–H and O–H groups in total. The Morgan fingerprint density at radius 3 is 2.71 bits per heavy atom. The number of ether oxygens (including phenoxy) is 2. The largest absolute Gasteiger partial charge is 0.492 e. The van der Waals surface area contributed by atoms with Crippen molar-refractivity contribution < 1.29 is 14.3 Å². The second-order valence-electron chi connectivity index (χ2n) is 5.65. The van der Waals surface area contributed by atoms with Gasteiger partial charge in [0.05, 0.1) is 23.1 Å². The molecule has 1 fully saturated rings. The minimum absolute atomic E-state index is 0.0383. The molecular weight excluding hydrogens is 410 g/mol. The first-order valence-corrected chi connectivity index (χ1v) is 9.64. The molecule has 1 aliphatic heterocycles. The van der Waals surface area contributed by atoms with E-state index in [1.54, 1.807) is 12.0 Å². The molecule has 4 nitrogen and oxygen atoms in total. The predicted molar refractivity (Wildman–Crippen MR) is 107 cm³/mol. The molecule has 0 radical (unpaired) electrons. The van der Waals surface area contributed by atoms with Crippen molar-refractivity contribution >= 4 is 56.2 Å². The van der Waals surface area contributed by atoms with Crippen molar-refractivity contribution in [2.45, 2.75) is 20.8 Å². The summed E-state index contributed by atoms with van der Waals surface area (Å²) in [6.45, 7) is 7.22. The topological polar surface area (TPSA) is 38.8 Å². The van der Waals surface area contributed by atoms with Crippen molar-refractivity contribution in [1.82, 2.24) is 4.90 Å². The van der Waals surface area contributed by atoms with Crippen LogP contribution in [0.3, 0.4) is 0 Å². The molecular formula is C17H20BrNO3S2. The zero-order chi connectivity index (χ0) is 17.9. The molecule has 1 aromatic rings. The van der Waals surface area contributed by atoms with E-state index >= 15 is 0 Å². The van der Waals surface area contributed by atoms with E-state index in [1.807, 2.05) is 25.1 Å². The van der Waals surface area contributed by atoms with Crippen LogP contribution in [0.2, 0.25) is 0 Å². The SMILES string of the molecule is CCOc1cc(/C=C2\SC(=S)N(CC(C)C)C2=O)cc(Br)c1OC. The Morgan fingerprint density at radius 2 is 2.12 bits per heavy atom. The fourth-order valence-corrected chi connectivity index (χ4v) is 4.20. The summed E-state index contributed by atoms with van der Waals surface area (Å²) in [6.07, 6.45) is 1.84. The molecule has 1 saturated heterocycles. The van der Waals surface area contributed by atoms with Crippen LogP contribution < -0.4 is 9.47 Å². The van der Waals surface area contributed by atoms with E-state index < -0.39 is 0 Å². The predicted octanol–water partition coefficient (Wildman–Crippen LogP) is 4.71. The van der Waals surface area contributed by atoms with Crippen LogP contribution in [0, 0.1) is 5.92 Å². The van der Waals surface area contributed by atoms with Crippen LogP contribution in [0.5, 0.6) is 11.5 Å². The van der Waals surface area contributed by atoms with Crippen molar-refractivity contribution in [2.24, 2.45) is 5.92 Å². The number of benzene rings is 1. The van der Waals surface area contributed by atoms with Crippen molar-refractivity contribution in [2.75, 3.05) is 20.3 Å². The van der Waals surface area contributed by atoms with Gasteiger partial charge in [-0.2, -0.15) is 0 Å². The van der Waals surface area contributed by atoms with E-state index in [0.717, 1.165) is 10.0 Å². The van der Waals surface area contributed by atoms with Gasteiger partial charge in [-0.3, -0.25) is 9.69 Å². The van der Waals surface area contributed by atoms with Gasteiger partial charge in [0.25, 0.3) is 5.91 Å². The highest BCUT2D eigenvalue weighted by atomic mass is 79.9. The number of thioether (sulfide) groups is 1. The Labute approximate surface area is 160 Å². The number of amides is 1. The van der Waals surface area contributed by atoms with E-state index in [1.165, 1.54) is 11.8 Å². The highest BCUT2D eigenvalue weighted by molar-refractivity contribution is 9.10. The van der Waals surface area contributed by atoms with Gasteiger partial charge in [-0.1, -0.05) is 37.8 Å². The van der Waals surface area contributed by atoms with Gasteiger partial charge in [0.2, 0.25) is 0 Å². The van der Waals surface area contributed by atoms with Gasteiger partial charge in [-0.15, -0.1) is 0 Å². The molecule has 130 valence electrons. The Hall–Kier alpha value is -1.05. The number of hydrogen-bond acceptors (Lipinski definition) is 5. The van der Waals surface area contributed by atoms with E-state index in [9.17, 15) is 4.79 Å². The highest BCUT2D eigenvalue weighted by Crippen LogP contribution is 2.39. The number of thiocarbonyl (C=S) groups is 1. The number of nitrogens with zero attached hydrogens (tertiary/aromatic N) is 1. The number of hydrogen-bond donors (Lipinski definition) is 0. The molecule has 0 aromatic heterocycles. The van der Waals surface area contributed by atoms with Gasteiger partial charge in [-0.25, -0.2) is 0 Å². The number of rotatable bonds is 6. The highest BCUT2D eigenvalue weighted by Gasteiger charge is 2.32. The lowest BCUT2D eigenvalue weighted by molar-refractivity contribution is -0.122. The number of carbonyl (C=O) groups is 1. The molecule has 1 aromatic carbocycles. The lowest BCUT2D eigenvalue weighted by atomic mass is 10.1. The fourth-order valence-electron chi connectivity index (χ4n) is 2.31. The third-order valence-electron chi connectivity index (χ3n) is 3.25. The Bertz CT molecular complexity index is 689. The second kappa shape index (κ2) is 8.36. The van der Waals surface area contributed by atoms with Crippen molar-refractivity contribution in [1.29, 1.82) is 0 Å². The van der Waals surface area contributed by atoms with Crippen molar-refractivity contribution in [3.05, 3.63) is 27.1 Å². The maximum atomic E-state index is 12.6. The Morgan fingerprint density at radius 1 is 1.42 bits per heavy atom. The van der Waals surface area contributed by atoms with Crippen LogP contribution in [-0.4, -0.2) is 35.4 Å². The Kier molecular flexibility index (Phi) is 6.71. The van der Waals surface area contributed by atoms with Crippen LogP contribution in [-0.2, 0) is 4.79 Å². The fraction of sp³-hybridized carbons (Fsp3) is 0.412. The standard InChI is InChI=1S/C17H20BrNO3S2/c1-5-22-13-7-11(6-12(18)15(13)21-4)8-14-16(20)19(9-10(2)3)17(23)24-14/h6-8,10H,5,9H2,1-4H3/b14-8-. The molecule has 0 bridgehead atoms. The molecule has 0 unspecified atom stereocenters. The van der Waals surface area contributed by atoms with Crippen LogP contribution >= 0.6 is 39.9 Å². The molecule has 0 saturated carbocycles. The number of methoxy groups -OCH3 is 1. The van der Waals surface area contributed by atoms with E-state index in [-0.39, 0.29) is 5.91 Å². The smallest absolute Gasteiger partial charge is 0.266 e. The zero-order valence-corrected chi connectivity index (χ0v) is 17.3. The summed E-state index contributed by atoms with van der Waals surface area (Å²) < 4.78 is 12.4. The number of carbonyl (C=O) groups excluding carboxylic acids is 1. The first kappa shape index (κ1) is 19.3. The van der Waals surface area contributed by atoms with E-state index in [4.69, 9.17) is 21.7 Å². The average molecular weight is 430 g/mol. The summed E-state index contributed by atoms with van der Waals surface area (Å²) in [5.41, 5.74) is 0.858. The average Bonchev–Trinajstić information content (AvgIpc) is 2.75. The summed E-state index contributed by atoms with van der Waals surface area (Å²) in [7, 11) is 1.60. The van der Waals surface area contributed by atoms with Gasteiger partial charge in [0, 0.05) is 6.54 Å². The summed E-state index contributed by atoms with van der Waals surface area (Å²) >= 11 is 10.2. The molecule has 0 atom stereocenters. The second-order valence-corrected chi connectivity index (χ2v) is 8.18. The summed E-state index contributed by atoms with van der Waals surface area (Å²) in [6, 6.07) is 3.76. The van der Waals surface area contributed by atoms with Crippen LogP contribution in [0.4, 0.5) is 0 Å². The Balaban J connectivity index is 2.34. The van der Waals surface area contributed by atoms with Gasteiger partial charge < -0.3 is 9.47 Å². The zero-order valence-electron chi connectivity index (χ0n) is 14.1. The maximum absolute atomic E-state index is 12.6. The minimum Gasteiger partial charge on any atom is -0.492 e. The molecule has 0 aliphatic carbocycles. The molecule has 2 rings (SSSR count). The third-order valence-corrected chi connectivity index (χ3v) is 5.22. The molecule has 0 spiro atoms.